The van der Waals surface area contributed by atoms with Crippen molar-refractivity contribution in [2.75, 3.05) is 39.6 Å². The third-order valence-corrected chi connectivity index (χ3v) is 22.0. The molecule has 0 spiro atoms. The van der Waals surface area contributed by atoms with Crippen molar-refractivity contribution in [1.82, 2.24) is 0 Å². The smallest absolute Gasteiger partial charge is 0.462 e. The van der Waals surface area contributed by atoms with Crippen LogP contribution in [0.25, 0.3) is 0 Å². The van der Waals surface area contributed by atoms with E-state index in [4.69, 9.17) is 37.0 Å². The third-order valence-electron chi connectivity index (χ3n) is 20.1. The van der Waals surface area contributed by atoms with Crippen molar-refractivity contribution in [3.8, 4) is 0 Å². The SMILES string of the molecule is CCCCCCCCCCCCCCCCCCCCCCCC(=O)O[C@H](COC(=O)CCCCCCCCCCCCCCCCC(C)CC)COP(=O)(O)OC[C@@H](O)COP(=O)(O)OC[C@@H](COC(=O)CCCCCCCCCCCC)OC(=O)CCCCCCCCCCCCCC(C)C. The number of phosphoric acid groups is 2. The summed E-state index contributed by atoms with van der Waals surface area (Å²) < 4.78 is 68.8. The van der Waals surface area contributed by atoms with Gasteiger partial charge in [0.1, 0.15) is 19.3 Å². The molecule has 3 unspecified atom stereocenters. The van der Waals surface area contributed by atoms with Crippen molar-refractivity contribution in [2.45, 2.75) is 464 Å². The molecule has 0 bridgehead atoms. The molecule has 103 heavy (non-hydrogen) atoms. The Morgan fingerprint density at radius 1 is 0.282 bits per heavy atom. The number of esters is 4. The lowest BCUT2D eigenvalue weighted by Crippen LogP contribution is -2.30. The largest absolute Gasteiger partial charge is 0.472 e. The molecule has 6 atom stereocenters. The van der Waals surface area contributed by atoms with Crippen LogP contribution in [-0.4, -0.2) is 96.7 Å². The fourth-order valence-electron chi connectivity index (χ4n) is 13.0. The highest BCUT2D eigenvalue weighted by Gasteiger charge is 2.30. The van der Waals surface area contributed by atoms with Gasteiger partial charge in [-0.1, -0.05) is 395 Å². The molecular formula is C84H164O17P2. The van der Waals surface area contributed by atoms with E-state index >= 15 is 0 Å². The van der Waals surface area contributed by atoms with E-state index in [1.54, 1.807) is 0 Å². The highest BCUT2D eigenvalue weighted by atomic mass is 31.2. The van der Waals surface area contributed by atoms with Crippen molar-refractivity contribution < 1.29 is 80.2 Å². The Kier molecular flexibility index (Phi) is 74.1. The molecular weight excluding hydrogens is 1340 g/mol. The fraction of sp³-hybridized carbons (Fsp3) is 0.952. The van der Waals surface area contributed by atoms with E-state index in [0.717, 1.165) is 102 Å². The summed E-state index contributed by atoms with van der Waals surface area (Å²) in [7, 11) is -9.92. The van der Waals surface area contributed by atoms with Crippen LogP contribution >= 0.6 is 15.6 Å². The van der Waals surface area contributed by atoms with Crippen molar-refractivity contribution in [2.24, 2.45) is 11.8 Å². The monoisotopic (exact) mass is 1510 g/mol. The second kappa shape index (κ2) is 75.5. The molecule has 0 amide bonds. The molecule has 0 heterocycles. The Bertz CT molecular complexity index is 1980. The summed E-state index contributed by atoms with van der Waals surface area (Å²) >= 11 is 0. The molecule has 0 aromatic rings. The van der Waals surface area contributed by atoms with Gasteiger partial charge in [0, 0.05) is 25.7 Å². The van der Waals surface area contributed by atoms with Crippen LogP contribution in [0, 0.1) is 11.8 Å². The molecule has 612 valence electrons. The Hall–Kier alpha value is -1.94. The first-order valence-electron chi connectivity index (χ1n) is 43.5. The summed E-state index contributed by atoms with van der Waals surface area (Å²) in [6.07, 6.45) is 66.6. The van der Waals surface area contributed by atoms with Gasteiger partial charge in [0.15, 0.2) is 12.2 Å². The van der Waals surface area contributed by atoms with Gasteiger partial charge in [-0.2, -0.15) is 0 Å². The van der Waals surface area contributed by atoms with Gasteiger partial charge in [-0.15, -0.1) is 0 Å². The third kappa shape index (κ3) is 76.6. The number of aliphatic hydroxyl groups is 1. The van der Waals surface area contributed by atoms with E-state index in [0.29, 0.717) is 25.7 Å². The predicted molar refractivity (Wildman–Crippen MR) is 423 cm³/mol. The summed E-state index contributed by atoms with van der Waals surface area (Å²) in [5.74, 6) is -0.490. The number of carbonyl (C=O) groups is 4. The first kappa shape index (κ1) is 101. The van der Waals surface area contributed by atoms with Gasteiger partial charge in [0.25, 0.3) is 0 Å². The number of hydrogen-bond acceptors (Lipinski definition) is 15. The van der Waals surface area contributed by atoms with E-state index in [9.17, 15) is 43.2 Å². The van der Waals surface area contributed by atoms with Crippen LogP contribution in [0.5, 0.6) is 0 Å². The minimum Gasteiger partial charge on any atom is -0.462 e. The van der Waals surface area contributed by atoms with Crippen molar-refractivity contribution in [3.05, 3.63) is 0 Å². The number of carbonyl (C=O) groups excluding carboxylic acids is 4. The first-order valence-corrected chi connectivity index (χ1v) is 46.5. The van der Waals surface area contributed by atoms with Gasteiger partial charge in [0.05, 0.1) is 26.4 Å². The predicted octanol–water partition coefficient (Wildman–Crippen LogP) is 25.5. The van der Waals surface area contributed by atoms with Crippen LogP contribution in [0.1, 0.15) is 446 Å². The molecule has 0 aliphatic carbocycles. The zero-order valence-electron chi connectivity index (χ0n) is 67.6. The minimum absolute atomic E-state index is 0.107. The second-order valence-corrected chi connectivity index (χ2v) is 33.8. The molecule has 0 saturated carbocycles. The first-order chi connectivity index (χ1) is 49.9. The van der Waals surface area contributed by atoms with Gasteiger partial charge >= 0.3 is 39.5 Å². The van der Waals surface area contributed by atoms with Crippen LogP contribution in [0.2, 0.25) is 0 Å². The van der Waals surface area contributed by atoms with Gasteiger partial charge in [-0.3, -0.25) is 37.3 Å². The average Bonchev–Trinajstić information content (AvgIpc) is 0.915. The normalized spacial score (nSPS) is 14.1. The highest BCUT2D eigenvalue weighted by Crippen LogP contribution is 2.45. The Morgan fingerprint density at radius 3 is 0.738 bits per heavy atom. The molecule has 0 aliphatic heterocycles. The molecule has 0 aromatic carbocycles. The standard InChI is InChI=1S/C84H164O17P2/c1-7-10-12-14-16-18-20-21-22-23-24-25-26-27-28-33-38-44-50-56-62-68-83(88)100-80(73-95-82(87)67-61-55-49-43-37-32-30-29-31-36-41-47-53-59-65-77(6)9-3)75-99-103(92,93)97-71-78(85)70-96-102(90,91)98-74-79(72-94-81(86)66-60-54-48-42-19-17-15-13-11-8-2)101-84(89)69-63-57-51-45-39-34-35-40-46-52-58-64-76(4)5/h76-80,85H,7-75H2,1-6H3,(H,90,91)(H,92,93)/t77?,78-,79+,80+/m0/s1. The van der Waals surface area contributed by atoms with E-state index in [1.807, 2.05) is 0 Å². The number of ether oxygens (including phenoxy) is 4. The maximum absolute atomic E-state index is 13.1. The van der Waals surface area contributed by atoms with Crippen molar-refractivity contribution in [1.29, 1.82) is 0 Å². The fourth-order valence-corrected chi connectivity index (χ4v) is 14.6. The Morgan fingerprint density at radius 2 is 0.495 bits per heavy atom. The molecule has 0 rings (SSSR count). The van der Waals surface area contributed by atoms with Crippen LogP contribution < -0.4 is 0 Å². The molecule has 0 aliphatic rings. The lowest BCUT2D eigenvalue weighted by atomic mass is 9.99. The highest BCUT2D eigenvalue weighted by molar-refractivity contribution is 7.47. The van der Waals surface area contributed by atoms with E-state index in [1.165, 1.54) is 263 Å². The quantitative estimate of drug-likeness (QED) is 0.0222. The van der Waals surface area contributed by atoms with E-state index in [-0.39, 0.29) is 25.7 Å². The summed E-state index contributed by atoms with van der Waals surface area (Å²) in [6.45, 7) is 9.70. The zero-order valence-corrected chi connectivity index (χ0v) is 69.4. The number of rotatable bonds is 83. The summed E-state index contributed by atoms with van der Waals surface area (Å²) in [6, 6.07) is 0. The molecule has 17 nitrogen and oxygen atoms in total. The Labute approximate surface area is 632 Å². The van der Waals surface area contributed by atoms with Crippen LogP contribution in [0.3, 0.4) is 0 Å². The molecule has 3 N–H and O–H groups in total. The van der Waals surface area contributed by atoms with Crippen molar-refractivity contribution >= 4 is 39.5 Å². The molecule has 0 fully saturated rings. The summed E-state index contributed by atoms with van der Waals surface area (Å²) in [4.78, 5) is 73.1. The topological polar surface area (TPSA) is 237 Å². The maximum atomic E-state index is 13.1. The van der Waals surface area contributed by atoms with Gasteiger partial charge < -0.3 is 33.8 Å². The molecule has 0 aromatic heterocycles. The Balaban J connectivity index is 5.22. The minimum atomic E-state index is -4.96. The van der Waals surface area contributed by atoms with Gasteiger partial charge in [-0.25, -0.2) is 9.13 Å². The van der Waals surface area contributed by atoms with E-state index < -0.39 is 97.5 Å². The summed E-state index contributed by atoms with van der Waals surface area (Å²) in [5.41, 5.74) is 0. The van der Waals surface area contributed by atoms with Crippen LogP contribution in [0.15, 0.2) is 0 Å². The van der Waals surface area contributed by atoms with Gasteiger partial charge in [0.2, 0.25) is 0 Å². The van der Waals surface area contributed by atoms with E-state index in [2.05, 4.69) is 41.5 Å². The number of aliphatic hydroxyl groups excluding tert-OH is 1. The molecule has 0 saturated heterocycles. The van der Waals surface area contributed by atoms with Crippen LogP contribution in [-0.2, 0) is 65.4 Å². The number of hydrogen-bond donors (Lipinski definition) is 3. The van der Waals surface area contributed by atoms with Gasteiger partial charge in [-0.05, 0) is 37.5 Å². The van der Waals surface area contributed by atoms with Crippen molar-refractivity contribution in [3.63, 3.8) is 0 Å². The van der Waals surface area contributed by atoms with Crippen LogP contribution in [0.4, 0.5) is 0 Å². The molecule has 0 radical (unpaired) electrons. The number of phosphoric ester groups is 2. The lowest BCUT2D eigenvalue weighted by molar-refractivity contribution is -0.161. The average molecular weight is 1510 g/mol. The number of unbranched alkanes of at least 4 members (excludes halogenated alkanes) is 52. The second-order valence-electron chi connectivity index (χ2n) is 30.9. The molecule has 19 heteroatoms. The maximum Gasteiger partial charge on any atom is 0.472 e. The summed E-state index contributed by atoms with van der Waals surface area (Å²) in [5, 5.41) is 10.7. The lowest BCUT2D eigenvalue weighted by Gasteiger charge is -2.21. The zero-order chi connectivity index (χ0) is 75.6.